The second-order valence-corrected chi connectivity index (χ2v) is 7.40. The largest absolute Gasteiger partial charge is 0.357 e. The number of anilines is 4. The minimum atomic E-state index is 0.478. The number of hydrogen-bond donors (Lipinski definition) is 3. The van der Waals surface area contributed by atoms with Crippen LogP contribution in [0.4, 0.5) is 23.1 Å². The first-order chi connectivity index (χ1) is 13.5. The van der Waals surface area contributed by atoms with E-state index in [0.29, 0.717) is 17.3 Å². The smallest absolute Gasteiger partial charge is 0.229 e. The number of hydrogen-bond acceptors (Lipinski definition) is 5. The summed E-state index contributed by atoms with van der Waals surface area (Å²) in [6, 6.07) is 15.3. The van der Waals surface area contributed by atoms with Crippen molar-refractivity contribution in [2.45, 2.75) is 13.8 Å². The zero-order valence-electron chi connectivity index (χ0n) is 15.3. The van der Waals surface area contributed by atoms with Crippen molar-refractivity contribution in [1.29, 1.82) is 5.26 Å². The summed E-state index contributed by atoms with van der Waals surface area (Å²) in [5, 5.41) is 15.6. The fourth-order valence-electron chi connectivity index (χ4n) is 3.07. The molecule has 138 valence electrons. The highest BCUT2D eigenvalue weighted by atomic mass is 79.9. The number of halogens is 1. The van der Waals surface area contributed by atoms with E-state index in [4.69, 9.17) is 5.26 Å². The summed E-state index contributed by atoms with van der Waals surface area (Å²) in [6.07, 6.45) is 1.84. The van der Waals surface area contributed by atoms with E-state index < -0.39 is 0 Å². The summed E-state index contributed by atoms with van der Waals surface area (Å²) in [6.45, 7) is 4.12. The molecule has 0 bridgehead atoms. The molecular weight excluding hydrogens is 416 g/mol. The van der Waals surface area contributed by atoms with Crippen molar-refractivity contribution in [2.24, 2.45) is 0 Å². The number of benzene rings is 2. The molecule has 4 aromatic rings. The van der Waals surface area contributed by atoms with E-state index in [1.165, 1.54) is 0 Å². The molecule has 0 aliphatic heterocycles. The van der Waals surface area contributed by atoms with E-state index in [1.807, 2.05) is 24.4 Å². The second-order valence-electron chi connectivity index (χ2n) is 6.49. The van der Waals surface area contributed by atoms with Gasteiger partial charge in [0.25, 0.3) is 0 Å². The van der Waals surface area contributed by atoms with E-state index in [0.717, 1.165) is 38.0 Å². The highest BCUT2D eigenvalue weighted by Gasteiger charge is 2.12. The molecule has 0 spiro atoms. The normalized spacial score (nSPS) is 10.6. The van der Waals surface area contributed by atoms with Crippen LogP contribution < -0.4 is 10.6 Å². The van der Waals surface area contributed by atoms with Gasteiger partial charge in [-0.3, -0.25) is 0 Å². The van der Waals surface area contributed by atoms with Gasteiger partial charge in [-0.15, -0.1) is 0 Å². The number of nitriles is 1. The van der Waals surface area contributed by atoms with Gasteiger partial charge in [-0.05, 0) is 67.4 Å². The lowest BCUT2D eigenvalue weighted by Gasteiger charge is -2.14. The van der Waals surface area contributed by atoms with Gasteiger partial charge in [-0.2, -0.15) is 10.2 Å². The van der Waals surface area contributed by atoms with E-state index >= 15 is 0 Å². The molecule has 6 nitrogen and oxygen atoms in total. The fourth-order valence-corrected chi connectivity index (χ4v) is 3.76. The van der Waals surface area contributed by atoms with E-state index in [9.17, 15) is 0 Å². The Morgan fingerprint density at radius 1 is 1.00 bits per heavy atom. The fraction of sp³-hybridized carbons (Fsp3) is 0.0952. The molecule has 0 saturated heterocycles. The maximum Gasteiger partial charge on any atom is 0.229 e. The molecule has 28 heavy (non-hydrogen) atoms. The molecule has 2 aromatic carbocycles. The van der Waals surface area contributed by atoms with Gasteiger partial charge in [-0.25, -0.2) is 4.98 Å². The summed E-state index contributed by atoms with van der Waals surface area (Å²) in [5.41, 5.74) is 6.32. The molecule has 0 amide bonds. The number of nitrogens with one attached hydrogen (secondary N) is 3. The maximum absolute atomic E-state index is 8.94. The van der Waals surface area contributed by atoms with Crippen LogP contribution in [0.2, 0.25) is 0 Å². The van der Waals surface area contributed by atoms with Crippen molar-refractivity contribution in [3.05, 3.63) is 69.8 Å². The lowest BCUT2D eigenvalue weighted by molar-refractivity contribution is 1.20. The number of H-pyrrole nitrogens is 1. The molecule has 4 rings (SSSR count). The van der Waals surface area contributed by atoms with Crippen LogP contribution in [0.25, 0.3) is 11.0 Å². The lowest BCUT2D eigenvalue weighted by atomic mass is 10.1. The summed E-state index contributed by atoms with van der Waals surface area (Å²) in [7, 11) is 0. The summed E-state index contributed by atoms with van der Waals surface area (Å²) >= 11 is 3.54. The molecule has 2 aromatic heterocycles. The highest BCUT2D eigenvalue weighted by Crippen LogP contribution is 2.30. The van der Waals surface area contributed by atoms with Crippen LogP contribution in [-0.4, -0.2) is 15.0 Å². The van der Waals surface area contributed by atoms with E-state index in [-0.39, 0.29) is 0 Å². The van der Waals surface area contributed by atoms with Crippen LogP contribution >= 0.6 is 15.9 Å². The van der Waals surface area contributed by atoms with Crippen LogP contribution in [0.15, 0.2) is 53.1 Å². The molecular formula is C21H17BrN6. The number of aromatic nitrogens is 3. The lowest BCUT2D eigenvalue weighted by Crippen LogP contribution is -2.04. The Kier molecular flexibility index (Phi) is 4.72. The standard InChI is InChI=1S/C21H17BrN6/c1-12-9-15(22)10-13(2)18(12)27-20-19-17(7-8-24-19)26-21(28-20)25-16-5-3-14(11-23)4-6-16/h3-10,24H,1-2H3,(H2,25,26,27,28). The molecule has 0 unspecified atom stereocenters. The Morgan fingerprint density at radius 3 is 2.39 bits per heavy atom. The topological polar surface area (TPSA) is 89.4 Å². The molecule has 0 aliphatic carbocycles. The molecule has 7 heteroatoms. The number of rotatable bonds is 4. The van der Waals surface area contributed by atoms with Gasteiger partial charge in [0.2, 0.25) is 5.95 Å². The Hall–Kier alpha value is -3.37. The van der Waals surface area contributed by atoms with Crippen molar-refractivity contribution >= 4 is 50.1 Å². The Morgan fingerprint density at radius 2 is 1.71 bits per heavy atom. The molecule has 0 saturated carbocycles. The molecule has 0 radical (unpaired) electrons. The average molecular weight is 433 g/mol. The molecule has 0 aliphatic rings. The Balaban J connectivity index is 1.72. The van der Waals surface area contributed by atoms with Gasteiger partial charge < -0.3 is 15.6 Å². The van der Waals surface area contributed by atoms with Gasteiger partial charge in [-0.1, -0.05) is 15.9 Å². The summed E-state index contributed by atoms with van der Waals surface area (Å²) < 4.78 is 1.05. The maximum atomic E-state index is 8.94. The third-order valence-corrected chi connectivity index (χ3v) is 4.87. The van der Waals surface area contributed by atoms with Crippen LogP contribution in [0.3, 0.4) is 0 Å². The summed E-state index contributed by atoms with van der Waals surface area (Å²) in [4.78, 5) is 12.4. The highest BCUT2D eigenvalue weighted by molar-refractivity contribution is 9.10. The number of nitrogens with zero attached hydrogens (tertiary/aromatic N) is 3. The van der Waals surface area contributed by atoms with Crippen molar-refractivity contribution in [1.82, 2.24) is 15.0 Å². The predicted octanol–water partition coefficient (Wildman–Crippen LogP) is 5.70. The molecule has 2 heterocycles. The third kappa shape index (κ3) is 3.55. The zero-order valence-corrected chi connectivity index (χ0v) is 16.9. The zero-order chi connectivity index (χ0) is 19.7. The minimum absolute atomic E-state index is 0.478. The van der Waals surface area contributed by atoms with Crippen molar-refractivity contribution in [2.75, 3.05) is 10.6 Å². The van der Waals surface area contributed by atoms with Crippen LogP contribution in [0.1, 0.15) is 16.7 Å². The van der Waals surface area contributed by atoms with Crippen LogP contribution in [0.5, 0.6) is 0 Å². The predicted molar refractivity (Wildman–Crippen MR) is 115 cm³/mol. The van der Waals surface area contributed by atoms with Gasteiger partial charge in [0.1, 0.15) is 5.52 Å². The minimum Gasteiger partial charge on any atom is -0.357 e. The first kappa shape index (κ1) is 18.0. The Labute approximate surface area is 170 Å². The Bertz CT molecular complexity index is 1180. The van der Waals surface area contributed by atoms with Crippen molar-refractivity contribution in [3.8, 4) is 6.07 Å². The summed E-state index contributed by atoms with van der Waals surface area (Å²) in [5.74, 6) is 1.17. The second kappa shape index (κ2) is 7.33. The van der Waals surface area contributed by atoms with E-state index in [2.05, 4.69) is 73.6 Å². The van der Waals surface area contributed by atoms with Gasteiger partial charge in [0, 0.05) is 22.0 Å². The number of aryl methyl sites for hydroxylation is 2. The first-order valence-electron chi connectivity index (χ1n) is 8.69. The average Bonchev–Trinajstić information content (AvgIpc) is 3.14. The first-order valence-corrected chi connectivity index (χ1v) is 9.49. The number of fused-ring (bicyclic) bond motifs is 1. The molecule has 3 N–H and O–H groups in total. The van der Waals surface area contributed by atoms with E-state index in [1.54, 1.807) is 12.1 Å². The SMILES string of the molecule is Cc1cc(Br)cc(C)c1Nc1nc(Nc2ccc(C#N)cc2)nc2cc[nH]c12. The van der Waals surface area contributed by atoms with Gasteiger partial charge in [0.15, 0.2) is 5.82 Å². The quantitative estimate of drug-likeness (QED) is 0.384. The van der Waals surface area contributed by atoms with Crippen molar-refractivity contribution in [3.63, 3.8) is 0 Å². The van der Waals surface area contributed by atoms with Gasteiger partial charge >= 0.3 is 0 Å². The molecule has 0 fully saturated rings. The van der Waals surface area contributed by atoms with Crippen LogP contribution in [0, 0.1) is 25.2 Å². The van der Waals surface area contributed by atoms with Crippen LogP contribution in [-0.2, 0) is 0 Å². The third-order valence-electron chi connectivity index (χ3n) is 4.42. The molecule has 0 atom stereocenters. The van der Waals surface area contributed by atoms with Crippen molar-refractivity contribution < 1.29 is 0 Å². The monoisotopic (exact) mass is 432 g/mol. The van der Waals surface area contributed by atoms with Gasteiger partial charge in [0.05, 0.1) is 17.1 Å². The number of aromatic amines is 1.